The van der Waals surface area contributed by atoms with Gasteiger partial charge in [-0.05, 0) is 11.6 Å². The van der Waals surface area contributed by atoms with Crippen molar-refractivity contribution in [2.24, 2.45) is 0 Å². The summed E-state index contributed by atoms with van der Waals surface area (Å²) in [5, 5.41) is 11.5. The Morgan fingerprint density at radius 1 is 1.28 bits per heavy atom. The van der Waals surface area contributed by atoms with Gasteiger partial charge in [-0.2, -0.15) is 0 Å². The zero-order valence-corrected chi connectivity index (χ0v) is 15.0. The molecule has 0 saturated carbocycles. The molecule has 0 bridgehead atoms. The maximum Gasteiger partial charge on any atom is 0.408 e. The van der Waals surface area contributed by atoms with Crippen molar-refractivity contribution in [2.45, 2.75) is 31.6 Å². The fourth-order valence-electron chi connectivity index (χ4n) is 3.15. The van der Waals surface area contributed by atoms with Crippen molar-refractivity contribution in [3.63, 3.8) is 0 Å². The minimum Gasteiger partial charge on any atom is -0.465 e. The van der Waals surface area contributed by atoms with Crippen LogP contribution >= 0.6 is 0 Å². The Hall–Kier alpha value is -3.17. The fraction of sp³-hybridized carbons (Fsp3) is 0.316. The highest BCUT2D eigenvalue weighted by Gasteiger charge is 2.39. The Bertz CT molecular complexity index is 908. The molecule has 1 aromatic heterocycles. The van der Waals surface area contributed by atoms with Gasteiger partial charge in [0.2, 0.25) is 5.91 Å². The van der Waals surface area contributed by atoms with Crippen molar-refractivity contribution >= 4 is 12.0 Å². The zero-order valence-electron chi connectivity index (χ0n) is 15.0. The lowest BCUT2D eigenvalue weighted by Crippen LogP contribution is -2.45. The number of aromatic nitrogens is 1. The molecule has 1 aliphatic heterocycles. The molecule has 2 atom stereocenters. The third-order valence-electron chi connectivity index (χ3n) is 4.63. The van der Waals surface area contributed by atoms with Gasteiger partial charge in [-0.3, -0.25) is 14.7 Å². The number of rotatable bonds is 5. The first-order valence-electron chi connectivity index (χ1n) is 8.70. The first-order valence-corrected chi connectivity index (χ1v) is 8.70. The monoisotopic (exact) mass is 411 g/mol. The predicted octanol–water partition coefficient (Wildman–Crippen LogP) is 3.53. The Balaban J connectivity index is 1.71. The smallest absolute Gasteiger partial charge is 0.408 e. The number of carbonyl (C=O) groups excluding carboxylic acids is 1. The molecule has 0 radical (unpaired) electrons. The van der Waals surface area contributed by atoms with Crippen LogP contribution in [-0.2, 0) is 11.3 Å². The fourth-order valence-corrected chi connectivity index (χ4v) is 3.15. The molecular formula is C19H17F4N3O3. The second-order valence-electron chi connectivity index (χ2n) is 6.58. The minimum atomic E-state index is -2.64. The molecule has 1 aliphatic rings. The van der Waals surface area contributed by atoms with Crippen molar-refractivity contribution in [3.8, 4) is 11.1 Å². The summed E-state index contributed by atoms with van der Waals surface area (Å²) in [6.07, 6.45) is -4.75. The predicted molar refractivity (Wildman–Crippen MR) is 94.5 cm³/mol. The largest absolute Gasteiger partial charge is 0.465 e. The van der Waals surface area contributed by atoms with E-state index in [9.17, 15) is 27.2 Å². The normalized spacial score (nSPS) is 18.9. The van der Waals surface area contributed by atoms with Crippen LogP contribution < -0.4 is 5.32 Å². The van der Waals surface area contributed by atoms with Crippen LogP contribution in [0.5, 0.6) is 0 Å². The lowest BCUT2D eigenvalue weighted by Gasteiger charge is -2.20. The first kappa shape index (κ1) is 20.6. The summed E-state index contributed by atoms with van der Waals surface area (Å²) in [6, 6.07) is 5.29. The average Bonchev–Trinajstić information content (AvgIpc) is 3.09. The quantitative estimate of drug-likeness (QED) is 0.738. The summed E-state index contributed by atoms with van der Waals surface area (Å²) in [5.41, 5.74) is 0.544. The van der Waals surface area contributed by atoms with Gasteiger partial charge in [-0.25, -0.2) is 22.4 Å². The summed E-state index contributed by atoms with van der Waals surface area (Å²) < 4.78 is 52.9. The van der Waals surface area contributed by atoms with E-state index in [0.29, 0.717) is 5.56 Å². The number of nitrogens with zero attached hydrogens (tertiary/aromatic N) is 2. The summed E-state index contributed by atoms with van der Waals surface area (Å²) in [4.78, 5) is 28.0. The standard InChI is InChI=1S/C19H17F4N3O3/c20-12-5-16(26(9-12)19(28)29)18(27)25-7-13-6-14(15(21)8-24-13)10-1-3-11(4-2-10)17(22)23/h1-4,6,8,12,16-17H,5,7,9H2,(H,25,27)(H,28,29). The minimum absolute atomic E-state index is 0.113. The van der Waals surface area contributed by atoms with Gasteiger partial charge in [0.15, 0.2) is 0 Å². The molecule has 29 heavy (non-hydrogen) atoms. The molecule has 2 N–H and O–H groups in total. The van der Waals surface area contributed by atoms with Gasteiger partial charge in [-0.1, -0.05) is 24.3 Å². The molecule has 2 unspecified atom stereocenters. The average molecular weight is 411 g/mol. The lowest BCUT2D eigenvalue weighted by molar-refractivity contribution is -0.125. The molecule has 6 nitrogen and oxygen atoms in total. The summed E-state index contributed by atoms with van der Waals surface area (Å²) in [5.74, 6) is -1.35. The maximum absolute atomic E-state index is 14.1. The number of alkyl halides is 3. The lowest BCUT2D eigenvalue weighted by atomic mass is 10.0. The van der Waals surface area contributed by atoms with Crippen LogP contribution in [0.3, 0.4) is 0 Å². The second-order valence-corrected chi connectivity index (χ2v) is 6.58. The topological polar surface area (TPSA) is 82.5 Å². The van der Waals surface area contributed by atoms with E-state index in [2.05, 4.69) is 10.3 Å². The van der Waals surface area contributed by atoms with Crippen LogP contribution in [0.2, 0.25) is 0 Å². The highest BCUT2D eigenvalue weighted by molar-refractivity contribution is 5.86. The number of carboxylic acid groups (broad SMARTS) is 1. The van der Waals surface area contributed by atoms with Crippen molar-refractivity contribution in [3.05, 3.63) is 53.6 Å². The number of benzene rings is 1. The van der Waals surface area contributed by atoms with Crippen LogP contribution in [0.4, 0.5) is 22.4 Å². The molecule has 3 rings (SSSR count). The Morgan fingerprint density at radius 2 is 1.97 bits per heavy atom. The zero-order chi connectivity index (χ0) is 21.1. The van der Waals surface area contributed by atoms with Crippen LogP contribution in [0.25, 0.3) is 11.1 Å². The van der Waals surface area contributed by atoms with Gasteiger partial charge in [0.05, 0.1) is 25.0 Å². The number of halogens is 4. The molecule has 2 aromatic rings. The first-order chi connectivity index (χ1) is 13.8. The second kappa shape index (κ2) is 8.46. The van der Waals surface area contributed by atoms with Crippen molar-refractivity contribution in [2.75, 3.05) is 6.54 Å². The SMILES string of the molecule is O=C(NCc1cc(-c2ccc(C(F)F)cc2)c(F)cn1)C1CC(F)CN1C(=O)O. The van der Waals surface area contributed by atoms with Crippen LogP contribution in [-0.4, -0.2) is 45.7 Å². The van der Waals surface area contributed by atoms with Crippen LogP contribution in [0.1, 0.15) is 24.1 Å². The van der Waals surface area contributed by atoms with Gasteiger partial charge in [0.1, 0.15) is 18.0 Å². The summed E-state index contributed by atoms with van der Waals surface area (Å²) in [6.45, 7) is -0.511. The number of carbonyl (C=O) groups is 2. The molecule has 154 valence electrons. The molecule has 0 aliphatic carbocycles. The molecule has 0 spiro atoms. The van der Waals surface area contributed by atoms with Crippen molar-refractivity contribution in [1.82, 2.24) is 15.2 Å². The van der Waals surface area contributed by atoms with E-state index in [1.807, 2.05) is 0 Å². The molecular weight excluding hydrogens is 394 g/mol. The van der Waals surface area contributed by atoms with Gasteiger partial charge in [0.25, 0.3) is 6.43 Å². The van der Waals surface area contributed by atoms with E-state index in [0.717, 1.165) is 11.1 Å². The number of pyridine rings is 1. The third-order valence-corrected chi connectivity index (χ3v) is 4.63. The van der Waals surface area contributed by atoms with Gasteiger partial charge in [-0.15, -0.1) is 0 Å². The van der Waals surface area contributed by atoms with Crippen LogP contribution in [0.15, 0.2) is 36.5 Å². The molecule has 2 amide bonds. The van der Waals surface area contributed by atoms with E-state index in [1.54, 1.807) is 0 Å². The van der Waals surface area contributed by atoms with Gasteiger partial charge < -0.3 is 10.4 Å². The van der Waals surface area contributed by atoms with E-state index >= 15 is 0 Å². The number of hydrogen-bond acceptors (Lipinski definition) is 3. The molecule has 2 heterocycles. The molecule has 1 saturated heterocycles. The third kappa shape index (κ3) is 4.64. The Morgan fingerprint density at radius 3 is 2.59 bits per heavy atom. The Kier molecular flexibility index (Phi) is 6.00. The van der Waals surface area contributed by atoms with Gasteiger partial charge >= 0.3 is 6.09 Å². The van der Waals surface area contributed by atoms with E-state index in [1.165, 1.54) is 30.3 Å². The number of nitrogens with one attached hydrogen (secondary N) is 1. The maximum atomic E-state index is 14.1. The van der Waals surface area contributed by atoms with Gasteiger partial charge in [0, 0.05) is 17.5 Å². The number of hydrogen-bond donors (Lipinski definition) is 2. The van der Waals surface area contributed by atoms with Crippen LogP contribution in [0, 0.1) is 5.82 Å². The van der Waals surface area contributed by atoms with Crippen molar-refractivity contribution < 1.29 is 32.3 Å². The highest BCUT2D eigenvalue weighted by Crippen LogP contribution is 2.26. The number of likely N-dealkylation sites (tertiary alicyclic amines) is 1. The molecule has 10 heteroatoms. The van der Waals surface area contributed by atoms with E-state index in [4.69, 9.17) is 5.11 Å². The van der Waals surface area contributed by atoms with E-state index in [-0.39, 0.29) is 36.3 Å². The number of amides is 2. The van der Waals surface area contributed by atoms with E-state index < -0.39 is 36.5 Å². The van der Waals surface area contributed by atoms with Crippen molar-refractivity contribution in [1.29, 1.82) is 0 Å². The summed E-state index contributed by atoms with van der Waals surface area (Å²) >= 11 is 0. The Labute approximate surface area is 163 Å². The highest BCUT2D eigenvalue weighted by atomic mass is 19.3. The summed E-state index contributed by atoms with van der Waals surface area (Å²) in [7, 11) is 0. The molecule has 1 aromatic carbocycles. The molecule has 1 fully saturated rings.